The third-order valence-corrected chi connectivity index (χ3v) is 15.5. The van der Waals surface area contributed by atoms with Gasteiger partial charge in [0.05, 0.1) is 24.6 Å². The molecule has 0 unspecified atom stereocenters. The van der Waals surface area contributed by atoms with Gasteiger partial charge in [0.15, 0.2) is 0 Å². The number of hydrogen-bond acceptors (Lipinski definition) is 6. The van der Waals surface area contributed by atoms with Crippen molar-refractivity contribution in [1.29, 1.82) is 0 Å². The maximum atomic E-state index is 7.03. The second kappa shape index (κ2) is 23.7. The fraction of sp³-hybridized carbons (Fsp3) is 0.182. The van der Waals surface area contributed by atoms with Gasteiger partial charge >= 0.3 is 0 Å². The number of rotatable bonds is 23. The van der Waals surface area contributed by atoms with Crippen LogP contribution in [0.25, 0.3) is 48.5 Å². The smallest absolute Gasteiger partial charge is 0.128 e. The molecule has 0 aliphatic rings. The molecule has 6 heteroatoms. The van der Waals surface area contributed by atoms with Crippen LogP contribution in [0.15, 0.2) is 213 Å². The van der Waals surface area contributed by atoms with Gasteiger partial charge in [0.1, 0.15) is 21.5 Å². The Kier molecular flexibility index (Phi) is 15.9. The number of hydrogen-bond donors (Lipinski definition) is 0. The first-order valence-corrected chi connectivity index (χ1v) is 27.3. The molecule has 360 valence electrons. The Hall–Kier alpha value is -7.38. The summed E-state index contributed by atoms with van der Waals surface area (Å²) in [5.41, 5.74) is 9.06. The first-order valence-electron chi connectivity index (χ1n) is 25.7. The van der Waals surface area contributed by atoms with E-state index in [1.54, 1.807) is 22.7 Å². The lowest BCUT2D eigenvalue weighted by Gasteiger charge is -2.25. The van der Waals surface area contributed by atoms with E-state index in [1.807, 2.05) is 6.08 Å². The zero-order valence-corrected chi connectivity index (χ0v) is 42.9. The Morgan fingerprint density at radius 1 is 0.444 bits per heavy atom. The van der Waals surface area contributed by atoms with Crippen LogP contribution >= 0.6 is 22.7 Å². The van der Waals surface area contributed by atoms with E-state index in [0.717, 1.165) is 103 Å². The maximum absolute atomic E-state index is 7.03. The van der Waals surface area contributed by atoms with E-state index < -0.39 is 0 Å². The normalized spacial score (nSPS) is 11.2. The van der Waals surface area contributed by atoms with Gasteiger partial charge in [-0.15, -0.1) is 22.7 Å². The molecule has 10 rings (SSSR count). The average molecular weight is 979 g/mol. The summed E-state index contributed by atoms with van der Waals surface area (Å²) >= 11 is 3.57. The zero-order chi connectivity index (χ0) is 48.9. The summed E-state index contributed by atoms with van der Waals surface area (Å²) in [5.74, 6) is 1.74. The number of thiophene rings is 2. The molecule has 0 aliphatic carbocycles. The molecule has 0 saturated heterocycles. The van der Waals surface area contributed by atoms with Crippen LogP contribution in [0, 0.1) is 0 Å². The first-order chi connectivity index (χ1) is 35.6. The number of anilines is 6. The van der Waals surface area contributed by atoms with Crippen LogP contribution in [-0.4, -0.2) is 13.2 Å². The molecule has 0 amide bonds. The molecule has 0 atom stereocenters. The first kappa shape index (κ1) is 48.3. The number of aryl methyl sites for hydroxylation is 1. The molecule has 2 heterocycles. The van der Waals surface area contributed by atoms with Gasteiger partial charge in [0, 0.05) is 43.0 Å². The van der Waals surface area contributed by atoms with Crippen molar-refractivity contribution < 1.29 is 9.47 Å². The van der Waals surface area contributed by atoms with Crippen molar-refractivity contribution in [3.63, 3.8) is 0 Å². The predicted octanol–water partition coefficient (Wildman–Crippen LogP) is 20.2. The number of nitrogens with zero attached hydrogens (tertiary/aromatic N) is 2. The molecule has 0 radical (unpaired) electrons. The van der Waals surface area contributed by atoms with Crippen molar-refractivity contribution in [3.05, 3.63) is 224 Å². The number of ether oxygens (including phenoxy) is 2. The van der Waals surface area contributed by atoms with Crippen LogP contribution in [0.5, 0.6) is 11.5 Å². The van der Waals surface area contributed by atoms with Gasteiger partial charge in [-0.3, -0.25) is 0 Å². The summed E-state index contributed by atoms with van der Waals surface area (Å²) in [7, 11) is 0. The second-order valence-electron chi connectivity index (χ2n) is 18.3. The summed E-state index contributed by atoms with van der Waals surface area (Å²) in [4.78, 5) is 7.03. The Balaban J connectivity index is 1.06. The lowest BCUT2D eigenvalue weighted by molar-refractivity contribution is 0.299. The van der Waals surface area contributed by atoms with Crippen molar-refractivity contribution in [2.24, 2.45) is 0 Å². The standard InChI is InChI=1S/C66H62N2O2S2/c1-3-5-6-7-8-20-44-69-61-47-58(64-41-43-66(72-64)68(54-34-13-10-14-35-54)60-39-24-31-52-29-16-18-37-56(52)60)62(70-45-21-19-25-50-27-22-26-49(4-2)46-50)48-57(61)63-40-42-65(71-63)67(53-32-11-9-12-33-53)59-38-23-30-51-28-15-17-36-55(51)59/h4,9-18,22-24,26-43,46-48H,2-3,5-8,19-21,25,44-45H2,1H3. The SMILES string of the molecule is C=Cc1cccc(CCCCOc2cc(-c3ccc(N(c4ccccc4)c4cccc5ccccc45)s3)c(OCCCCCCCC)cc2-c2ccc(N(c3ccccc3)c3cccc4ccccc34)s2)c1. The molecule has 8 aromatic carbocycles. The van der Waals surface area contributed by atoms with Crippen molar-refractivity contribution in [2.75, 3.05) is 23.0 Å². The summed E-state index contributed by atoms with van der Waals surface area (Å²) in [5, 5.41) is 7.07. The maximum Gasteiger partial charge on any atom is 0.128 e. The van der Waals surface area contributed by atoms with Crippen LogP contribution in [0.3, 0.4) is 0 Å². The second-order valence-corrected chi connectivity index (χ2v) is 20.5. The van der Waals surface area contributed by atoms with Crippen LogP contribution in [0.1, 0.15) is 69.4 Å². The minimum Gasteiger partial charge on any atom is -0.493 e. The monoisotopic (exact) mass is 978 g/mol. The molecule has 0 aliphatic heterocycles. The molecule has 72 heavy (non-hydrogen) atoms. The van der Waals surface area contributed by atoms with Gasteiger partial charge in [-0.1, -0.05) is 185 Å². The predicted molar refractivity (Wildman–Crippen MR) is 311 cm³/mol. The number of unbranched alkanes of at least 4 members (excludes halogenated alkanes) is 6. The van der Waals surface area contributed by atoms with E-state index in [-0.39, 0.29) is 0 Å². The number of fused-ring (bicyclic) bond motifs is 2. The summed E-state index contributed by atoms with van der Waals surface area (Å²) in [6, 6.07) is 74.2. The fourth-order valence-corrected chi connectivity index (χ4v) is 11.8. The highest BCUT2D eigenvalue weighted by Crippen LogP contribution is 2.51. The molecule has 4 nitrogen and oxygen atoms in total. The van der Waals surface area contributed by atoms with Crippen LogP contribution < -0.4 is 19.3 Å². The topological polar surface area (TPSA) is 24.9 Å². The third-order valence-electron chi connectivity index (χ3n) is 13.3. The molecular weight excluding hydrogens is 917 g/mol. The third kappa shape index (κ3) is 11.2. The molecule has 0 fully saturated rings. The van der Waals surface area contributed by atoms with Crippen molar-refractivity contribution in [1.82, 2.24) is 0 Å². The van der Waals surface area contributed by atoms with Gasteiger partial charge in [-0.2, -0.15) is 0 Å². The largest absolute Gasteiger partial charge is 0.493 e. The molecule has 0 bridgehead atoms. The van der Waals surface area contributed by atoms with Gasteiger partial charge in [0.2, 0.25) is 0 Å². The van der Waals surface area contributed by atoms with E-state index in [0.29, 0.717) is 13.2 Å². The molecule has 0 saturated carbocycles. The Labute approximate surface area is 434 Å². The Morgan fingerprint density at radius 3 is 1.46 bits per heavy atom. The van der Waals surface area contributed by atoms with Gasteiger partial charge in [-0.25, -0.2) is 0 Å². The van der Waals surface area contributed by atoms with E-state index in [4.69, 9.17) is 9.47 Å². The summed E-state index contributed by atoms with van der Waals surface area (Å²) in [6.45, 7) is 7.50. The minimum absolute atomic E-state index is 0.592. The van der Waals surface area contributed by atoms with Crippen LogP contribution in [0.2, 0.25) is 0 Å². The highest BCUT2D eigenvalue weighted by Gasteiger charge is 2.23. The van der Waals surface area contributed by atoms with Crippen molar-refractivity contribution in [3.8, 4) is 32.4 Å². The van der Waals surface area contributed by atoms with Crippen LogP contribution in [0.4, 0.5) is 32.8 Å². The lowest BCUT2D eigenvalue weighted by Crippen LogP contribution is -2.08. The summed E-state index contributed by atoms with van der Waals surface area (Å²) in [6.07, 6.45) is 12.0. The molecule has 0 spiro atoms. The van der Waals surface area contributed by atoms with E-state index in [2.05, 4.69) is 230 Å². The zero-order valence-electron chi connectivity index (χ0n) is 41.2. The fourth-order valence-electron chi connectivity index (χ4n) is 9.65. The molecule has 10 aromatic rings. The average Bonchev–Trinajstić information content (AvgIpc) is 4.13. The van der Waals surface area contributed by atoms with E-state index >= 15 is 0 Å². The number of benzene rings is 8. The molecule has 0 N–H and O–H groups in total. The van der Waals surface area contributed by atoms with E-state index in [9.17, 15) is 0 Å². The number of para-hydroxylation sites is 2. The highest BCUT2D eigenvalue weighted by molar-refractivity contribution is 7.20. The van der Waals surface area contributed by atoms with Gasteiger partial charge in [0.25, 0.3) is 0 Å². The Bertz CT molecular complexity index is 3350. The highest BCUT2D eigenvalue weighted by atomic mass is 32.1. The van der Waals surface area contributed by atoms with Crippen LogP contribution in [-0.2, 0) is 6.42 Å². The van der Waals surface area contributed by atoms with E-state index in [1.165, 1.54) is 52.8 Å². The van der Waals surface area contributed by atoms with Crippen molar-refractivity contribution >= 4 is 83.0 Å². The quantitative estimate of drug-likeness (QED) is 0.0596. The van der Waals surface area contributed by atoms with Crippen molar-refractivity contribution in [2.45, 2.75) is 64.7 Å². The molecule has 2 aromatic heterocycles. The van der Waals surface area contributed by atoms with Gasteiger partial charge < -0.3 is 19.3 Å². The lowest BCUT2D eigenvalue weighted by atomic mass is 10.0. The minimum atomic E-state index is 0.592. The van der Waals surface area contributed by atoms with Gasteiger partial charge in [-0.05, 0) is 120 Å². The Morgan fingerprint density at radius 2 is 0.917 bits per heavy atom. The molecular formula is C66H62N2O2S2. The summed E-state index contributed by atoms with van der Waals surface area (Å²) < 4.78 is 14.0.